The van der Waals surface area contributed by atoms with Crippen LogP contribution < -0.4 is 4.72 Å². The molecule has 1 aromatic carbocycles. The summed E-state index contributed by atoms with van der Waals surface area (Å²) in [4.78, 5) is 0. The van der Waals surface area contributed by atoms with Crippen molar-refractivity contribution < 1.29 is 8.42 Å². The van der Waals surface area contributed by atoms with Gasteiger partial charge >= 0.3 is 0 Å². The highest BCUT2D eigenvalue weighted by molar-refractivity contribution is 14.1. The molecule has 3 nitrogen and oxygen atoms in total. The zero-order valence-electron chi connectivity index (χ0n) is 8.57. The Labute approximate surface area is 124 Å². The van der Waals surface area contributed by atoms with E-state index in [1.807, 2.05) is 30.3 Å². The summed E-state index contributed by atoms with van der Waals surface area (Å²) in [7, 11) is -3.22. The Balaban J connectivity index is 2.66. The van der Waals surface area contributed by atoms with Gasteiger partial charge in [0.05, 0.1) is 5.75 Å². The molecule has 0 aliphatic rings. The SMILES string of the molecule is O=S(=O)(Cc1ccccc1)NC(CI)CI. The summed E-state index contributed by atoms with van der Waals surface area (Å²) in [6.45, 7) is 0. The van der Waals surface area contributed by atoms with Gasteiger partial charge < -0.3 is 0 Å². The van der Waals surface area contributed by atoms with Crippen molar-refractivity contribution in [1.82, 2.24) is 4.72 Å². The summed E-state index contributed by atoms with van der Waals surface area (Å²) in [5, 5.41) is 0. The molecule has 0 aromatic heterocycles. The van der Waals surface area contributed by atoms with Gasteiger partial charge in [0, 0.05) is 14.9 Å². The van der Waals surface area contributed by atoms with Crippen molar-refractivity contribution in [2.45, 2.75) is 11.8 Å². The van der Waals surface area contributed by atoms with Gasteiger partial charge in [0.2, 0.25) is 10.0 Å². The molecule has 0 heterocycles. The summed E-state index contributed by atoms with van der Waals surface area (Å²) in [6, 6.07) is 9.24. The number of alkyl halides is 2. The lowest BCUT2D eigenvalue weighted by molar-refractivity contribution is 0.573. The first kappa shape index (κ1) is 14.7. The molecule has 0 saturated heterocycles. The molecule has 0 aliphatic carbocycles. The van der Waals surface area contributed by atoms with Crippen molar-refractivity contribution in [3.63, 3.8) is 0 Å². The first-order valence-corrected chi connectivity index (χ1v) is 9.43. The number of hydrogen-bond acceptors (Lipinski definition) is 2. The van der Waals surface area contributed by atoms with E-state index in [1.165, 1.54) is 0 Å². The average molecular weight is 465 g/mol. The third-order valence-electron chi connectivity index (χ3n) is 1.92. The van der Waals surface area contributed by atoms with Crippen LogP contribution in [0.5, 0.6) is 0 Å². The Kier molecular flexibility index (Phi) is 6.52. The molecule has 0 fully saturated rings. The highest BCUT2D eigenvalue weighted by Gasteiger charge is 2.16. The summed E-state index contributed by atoms with van der Waals surface area (Å²) in [5.74, 6) is 0.0532. The third-order valence-corrected chi connectivity index (χ3v) is 5.45. The largest absolute Gasteiger partial charge is 0.216 e. The quantitative estimate of drug-likeness (QED) is 0.519. The molecule has 1 aromatic rings. The average Bonchev–Trinajstić information content (AvgIpc) is 2.26. The lowest BCUT2D eigenvalue weighted by Crippen LogP contribution is -2.37. The highest BCUT2D eigenvalue weighted by Crippen LogP contribution is 2.06. The van der Waals surface area contributed by atoms with Crippen LogP contribution in [-0.4, -0.2) is 23.3 Å². The van der Waals surface area contributed by atoms with Crippen molar-refractivity contribution in [2.24, 2.45) is 0 Å². The maximum atomic E-state index is 11.8. The lowest BCUT2D eigenvalue weighted by atomic mass is 10.2. The minimum absolute atomic E-state index is 0.0231. The normalized spacial score (nSPS) is 11.9. The Hall–Kier alpha value is 0.590. The topological polar surface area (TPSA) is 46.2 Å². The van der Waals surface area contributed by atoms with Crippen LogP contribution in [0.4, 0.5) is 0 Å². The van der Waals surface area contributed by atoms with Gasteiger partial charge in [0.25, 0.3) is 0 Å². The van der Waals surface area contributed by atoms with E-state index >= 15 is 0 Å². The predicted molar refractivity (Wildman–Crippen MR) is 83.8 cm³/mol. The van der Waals surface area contributed by atoms with Gasteiger partial charge in [-0.15, -0.1) is 0 Å². The molecule has 90 valence electrons. The Bertz CT molecular complexity index is 404. The summed E-state index contributed by atoms with van der Waals surface area (Å²) in [5.41, 5.74) is 0.815. The number of rotatable bonds is 6. The zero-order chi connectivity index (χ0) is 12.0. The maximum absolute atomic E-state index is 11.8. The van der Waals surface area contributed by atoms with Crippen LogP contribution in [0.1, 0.15) is 5.56 Å². The number of hydrogen-bond donors (Lipinski definition) is 1. The third kappa shape index (κ3) is 5.28. The van der Waals surface area contributed by atoms with Crippen LogP contribution >= 0.6 is 45.2 Å². The second kappa shape index (κ2) is 7.12. The highest BCUT2D eigenvalue weighted by atomic mass is 127. The van der Waals surface area contributed by atoms with E-state index < -0.39 is 10.0 Å². The first-order chi connectivity index (χ1) is 7.57. The minimum Gasteiger partial charge on any atom is -0.212 e. The van der Waals surface area contributed by atoms with Gasteiger partial charge in [0.15, 0.2) is 0 Å². The van der Waals surface area contributed by atoms with Gasteiger partial charge in [-0.1, -0.05) is 75.5 Å². The van der Waals surface area contributed by atoms with Crippen LogP contribution in [-0.2, 0) is 15.8 Å². The second-order valence-electron chi connectivity index (χ2n) is 3.37. The van der Waals surface area contributed by atoms with Crippen molar-refractivity contribution >= 4 is 55.2 Å². The van der Waals surface area contributed by atoms with Crippen LogP contribution in [0.3, 0.4) is 0 Å². The molecular weight excluding hydrogens is 452 g/mol. The second-order valence-corrected chi connectivity index (χ2v) is 6.88. The van der Waals surface area contributed by atoms with Gasteiger partial charge in [-0.05, 0) is 5.56 Å². The van der Waals surface area contributed by atoms with Crippen LogP contribution in [0.15, 0.2) is 30.3 Å². The Morgan fingerprint density at radius 3 is 2.19 bits per heavy atom. The van der Waals surface area contributed by atoms with E-state index in [0.29, 0.717) is 0 Å². The number of nitrogens with one attached hydrogen (secondary N) is 1. The fraction of sp³-hybridized carbons (Fsp3) is 0.400. The van der Waals surface area contributed by atoms with E-state index in [1.54, 1.807) is 0 Å². The molecule has 1 N–H and O–H groups in total. The van der Waals surface area contributed by atoms with E-state index in [9.17, 15) is 8.42 Å². The molecule has 0 unspecified atom stereocenters. The molecule has 1 rings (SSSR count). The van der Waals surface area contributed by atoms with E-state index in [4.69, 9.17) is 0 Å². The smallest absolute Gasteiger partial charge is 0.212 e. The van der Waals surface area contributed by atoms with Crippen LogP contribution in [0, 0.1) is 0 Å². The first-order valence-electron chi connectivity index (χ1n) is 4.73. The number of halogens is 2. The van der Waals surface area contributed by atoms with E-state index in [0.717, 1.165) is 14.4 Å². The standard InChI is InChI=1S/C10H13I2NO2S/c11-6-10(7-12)13-16(14,15)8-9-4-2-1-3-5-9/h1-5,10,13H,6-8H2. The lowest BCUT2D eigenvalue weighted by Gasteiger charge is -2.13. The number of sulfonamides is 1. The van der Waals surface area contributed by atoms with E-state index in [2.05, 4.69) is 49.9 Å². The summed E-state index contributed by atoms with van der Waals surface area (Å²) < 4.78 is 27.9. The molecule has 0 radical (unpaired) electrons. The number of benzene rings is 1. The zero-order valence-corrected chi connectivity index (χ0v) is 13.7. The fourth-order valence-electron chi connectivity index (χ4n) is 1.19. The minimum atomic E-state index is -3.22. The fourth-order valence-corrected chi connectivity index (χ4v) is 5.44. The van der Waals surface area contributed by atoms with Gasteiger partial charge in [-0.3, -0.25) is 0 Å². The van der Waals surface area contributed by atoms with Crippen molar-refractivity contribution in [3.05, 3.63) is 35.9 Å². The van der Waals surface area contributed by atoms with Crippen molar-refractivity contribution in [3.8, 4) is 0 Å². The molecule has 0 bridgehead atoms. The molecule has 16 heavy (non-hydrogen) atoms. The monoisotopic (exact) mass is 465 g/mol. The molecule has 0 spiro atoms. The van der Waals surface area contributed by atoms with Gasteiger partial charge in [-0.25, -0.2) is 13.1 Å². The summed E-state index contributed by atoms with van der Waals surface area (Å²) in [6.07, 6.45) is 0. The molecule has 6 heteroatoms. The molecule has 0 atom stereocenters. The summed E-state index contributed by atoms with van der Waals surface area (Å²) >= 11 is 4.38. The Morgan fingerprint density at radius 2 is 1.69 bits per heavy atom. The Morgan fingerprint density at radius 1 is 1.12 bits per heavy atom. The predicted octanol–water partition coefficient (Wildman–Crippen LogP) is 2.34. The molecule has 0 aliphatic heterocycles. The van der Waals surface area contributed by atoms with Crippen LogP contribution in [0.25, 0.3) is 0 Å². The molecule has 0 saturated carbocycles. The maximum Gasteiger partial charge on any atom is 0.216 e. The molecule has 0 amide bonds. The van der Waals surface area contributed by atoms with Crippen LogP contribution in [0.2, 0.25) is 0 Å². The van der Waals surface area contributed by atoms with Gasteiger partial charge in [-0.2, -0.15) is 0 Å². The van der Waals surface area contributed by atoms with Gasteiger partial charge in [0.1, 0.15) is 0 Å². The van der Waals surface area contributed by atoms with Crippen molar-refractivity contribution in [1.29, 1.82) is 0 Å². The van der Waals surface area contributed by atoms with Crippen molar-refractivity contribution in [2.75, 3.05) is 8.86 Å². The van der Waals surface area contributed by atoms with E-state index in [-0.39, 0.29) is 11.8 Å². The molecular formula is C10H13I2NO2S.